The first-order chi connectivity index (χ1) is 5.00. The molecule has 0 bridgehead atoms. The molecule has 1 aromatic heterocycles. The number of hydrogen-bond acceptors (Lipinski definition) is 4. The molecule has 0 spiro atoms. The van der Waals surface area contributed by atoms with Crippen molar-refractivity contribution in [2.45, 2.75) is 0 Å². The van der Waals surface area contributed by atoms with Crippen LogP contribution in [0.4, 0.5) is 0 Å². The van der Waals surface area contributed by atoms with E-state index in [9.17, 15) is 0 Å². The Hall–Kier alpha value is -1.02. The maximum Gasteiger partial charge on any atom is 0.394 e. The molecule has 0 fully saturated rings. The molecule has 0 unspecified atom stereocenters. The van der Waals surface area contributed by atoms with Gasteiger partial charge in [0, 0.05) is 12.4 Å². The lowest BCUT2D eigenvalue weighted by Gasteiger charge is -1.70. The third-order valence-electron chi connectivity index (χ3n) is 0.566. The monoisotopic (exact) mass is 194 g/mol. The van der Waals surface area contributed by atoms with Crippen molar-refractivity contribution >= 4 is 10.4 Å². The number of pyridine rings is 1. The van der Waals surface area contributed by atoms with Crippen molar-refractivity contribution in [1.29, 1.82) is 0 Å². The number of rotatable bonds is 0. The standard InChI is InChI=1S/C5H5N.H3N.H2O4S/c1-2-4-6-5-3-1;;1-5(2,3)4/h1-5H;1H3;(H2,1,2,3,4). The van der Waals surface area contributed by atoms with E-state index < -0.39 is 10.4 Å². The third-order valence-corrected chi connectivity index (χ3v) is 0.566. The molecule has 0 saturated heterocycles. The van der Waals surface area contributed by atoms with E-state index in [0.29, 0.717) is 0 Å². The molecule has 0 amide bonds. The third kappa shape index (κ3) is 23.1. The largest absolute Gasteiger partial charge is 0.394 e. The Morgan fingerprint density at radius 1 is 1.00 bits per heavy atom. The lowest BCUT2D eigenvalue weighted by atomic mass is 10.5. The first kappa shape index (κ1) is 13.6. The maximum atomic E-state index is 8.74. The minimum atomic E-state index is -4.67. The fourth-order valence-electron chi connectivity index (χ4n) is 0.313. The summed E-state index contributed by atoms with van der Waals surface area (Å²) in [6, 6.07) is 5.72. The normalized spacial score (nSPS) is 8.83. The SMILES string of the molecule is N.O=S(=O)(O)O.c1ccncc1. The van der Waals surface area contributed by atoms with Crippen molar-refractivity contribution in [2.24, 2.45) is 0 Å². The molecule has 5 N–H and O–H groups in total. The predicted molar refractivity (Wildman–Crippen MR) is 43.4 cm³/mol. The van der Waals surface area contributed by atoms with Gasteiger partial charge < -0.3 is 6.15 Å². The summed E-state index contributed by atoms with van der Waals surface area (Å²) >= 11 is 0. The lowest BCUT2D eigenvalue weighted by molar-refractivity contribution is 0.381. The molecule has 70 valence electrons. The fraction of sp³-hybridized carbons (Fsp3) is 0. The summed E-state index contributed by atoms with van der Waals surface area (Å²) in [7, 11) is -4.67. The van der Waals surface area contributed by atoms with Crippen LogP contribution in [0.2, 0.25) is 0 Å². The predicted octanol–water partition coefficient (Wildman–Crippen LogP) is 0.591. The summed E-state index contributed by atoms with van der Waals surface area (Å²) in [5.74, 6) is 0. The smallest absolute Gasteiger partial charge is 0.344 e. The first-order valence-corrected chi connectivity index (χ1v) is 3.95. The molecule has 0 aliphatic carbocycles. The Labute approximate surface area is 70.4 Å². The Kier molecular flexibility index (Phi) is 7.54. The van der Waals surface area contributed by atoms with Crippen molar-refractivity contribution in [3.8, 4) is 0 Å². The highest BCUT2D eigenvalue weighted by molar-refractivity contribution is 7.79. The molecular formula is C5H10N2O4S. The van der Waals surface area contributed by atoms with Crippen LogP contribution in [-0.4, -0.2) is 22.5 Å². The van der Waals surface area contributed by atoms with E-state index in [1.165, 1.54) is 0 Å². The fourth-order valence-corrected chi connectivity index (χ4v) is 0.313. The van der Waals surface area contributed by atoms with Gasteiger partial charge in [0.05, 0.1) is 0 Å². The summed E-state index contributed by atoms with van der Waals surface area (Å²) in [4.78, 5) is 3.78. The molecule has 6 nitrogen and oxygen atoms in total. The van der Waals surface area contributed by atoms with Crippen LogP contribution >= 0.6 is 0 Å². The van der Waals surface area contributed by atoms with Gasteiger partial charge in [-0.25, -0.2) is 0 Å². The summed E-state index contributed by atoms with van der Waals surface area (Å²) in [6.45, 7) is 0. The summed E-state index contributed by atoms with van der Waals surface area (Å²) < 4.78 is 31.6. The molecule has 0 atom stereocenters. The van der Waals surface area contributed by atoms with Gasteiger partial charge in [-0.3, -0.25) is 14.1 Å². The molecule has 0 saturated carbocycles. The van der Waals surface area contributed by atoms with Crippen LogP contribution < -0.4 is 6.15 Å². The highest BCUT2D eigenvalue weighted by Gasteiger charge is 1.84. The van der Waals surface area contributed by atoms with Crippen LogP contribution in [0.15, 0.2) is 30.6 Å². The second-order valence-corrected chi connectivity index (χ2v) is 2.37. The van der Waals surface area contributed by atoms with Gasteiger partial charge in [0.2, 0.25) is 0 Å². The minimum absolute atomic E-state index is 0. The highest BCUT2D eigenvalue weighted by Crippen LogP contribution is 1.73. The summed E-state index contributed by atoms with van der Waals surface area (Å²) in [5.41, 5.74) is 0. The Morgan fingerprint density at radius 3 is 1.42 bits per heavy atom. The van der Waals surface area contributed by atoms with Crippen LogP contribution in [0.1, 0.15) is 0 Å². The zero-order valence-electron chi connectivity index (χ0n) is 6.16. The van der Waals surface area contributed by atoms with E-state index in [0.717, 1.165) is 0 Å². The molecule has 1 rings (SSSR count). The topological polar surface area (TPSA) is 122 Å². The van der Waals surface area contributed by atoms with Gasteiger partial charge in [0.15, 0.2) is 0 Å². The van der Waals surface area contributed by atoms with Crippen molar-refractivity contribution in [3.05, 3.63) is 30.6 Å². The van der Waals surface area contributed by atoms with Gasteiger partial charge in [0.25, 0.3) is 0 Å². The van der Waals surface area contributed by atoms with Gasteiger partial charge in [0.1, 0.15) is 0 Å². The molecular weight excluding hydrogens is 184 g/mol. The van der Waals surface area contributed by atoms with E-state index in [2.05, 4.69) is 4.98 Å². The zero-order valence-corrected chi connectivity index (χ0v) is 6.98. The molecule has 0 aromatic carbocycles. The van der Waals surface area contributed by atoms with Crippen LogP contribution in [0.25, 0.3) is 0 Å². The van der Waals surface area contributed by atoms with Crippen LogP contribution in [-0.2, 0) is 10.4 Å². The first-order valence-electron chi connectivity index (χ1n) is 2.55. The van der Waals surface area contributed by atoms with E-state index >= 15 is 0 Å². The highest BCUT2D eigenvalue weighted by atomic mass is 32.3. The molecule has 0 aliphatic heterocycles. The maximum absolute atomic E-state index is 8.74. The average molecular weight is 194 g/mol. The Bertz CT molecular complexity index is 238. The molecule has 12 heavy (non-hydrogen) atoms. The minimum Gasteiger partial charge on any atom is -0.344 e. The van der Waals surface area contributed by atoms with Crippen LogP contribution in [0, 0.1) is 0 Å². The second-order valence-electron chi connectivity index (χ2n) is 1.47. The van der Waals surface area contributed by atoms with Gasteiger partial charge in [-0.15, -0.1) is 0 Å². The summed E-state index contributed by atoms with van der Waals surface area (Å²) in [6.07, 6.45) is 3.50. The Balaban J connectivity index is 0. The molecule has 0 aliphatic rings. The van der Waals surface area contributed by atoms with E-state index in [4.69, 9.17) is 17.5 Å². The van der Waals surface area contributed by atoms with Crippen LogP contribution in [0.5, 0.6) is 0 Å². The Morgan fingerprint density at radius 2 is 1.33 bits per heavy atom. The molecule has 1 heterocycles. The number of aromatic nitrogens is 1. The number of nitrogens with zero attached hydrogens (tertiary/aromatic N) is 1. The second kappa shape index (κ2) is 6.68. The van der Waals surface area contributed by atoms with Crippen LogP contribution in [0.3, 0.4) is 0 Å². The molecule has 7 heteroatoms. The number of hydrogen-bond donors (Lipinski definition) is 3. The van der Waals surface area contributed by atoms with Gasteiger partial charge in [-0.05, 0) is 12.1 Å². The lowest BCUT2D eigenvalue weighted by Crippen LogP contribution is -1.89. The molecule has 0 radical (unpaired) electrons. The van der Waals surface area contributed by atoms with Crippen molar-refractivity contribution in [2.75, 3.05) is 0 Å². The van der Waals surface area contributed by atoms with Gasteiger partial charge >= 0.3 is 10.4 Å². The van der Waals surface area contributed by atoms with E-state index in [-0.39, 0.29) is 6.15 Å². The van der Waals surface area contributed by atoms with Crippen molar-refractivity contribution in [1.82, 2.24) is 11.1 Å². The average Bonchev–Trinajstić information content (AvgIpc) is 1.88. The van der Waals surface area contributed by atoms with Gasteiger partial charge in [-0.1, -0.05) is 6.07 Å². The molecule has 1 aromatic rings. The van der Waals surface area contributed by atoms with Crippen molar-refractivity contribution in [3.63, 3.8) is 0 Å². The van der Waals surface area contributed by atoms with E-state index in [1.54, 1.807) is 12.4 Å². The quantitative estimate of drug-likeness (QED) is 0.519. The van der Waals surface area contributed by atoms with Gasteiger partial charge in [-0.2, -0.15) is 8.42 Å². The van der Waals surface area contributed by atoms with Crippen molar-refractivity contribution < 1.29 is 17.5 Å². The summed E-state index contributed by atoms with van der Waals surface area (Å²) in [5, 5.41) is 0. The zero-order chi connectivity index (χ0) is 8.74. The van der Waals surface area contributed by atoms with E-state index in [1.807, 2.05) is 18.2 Å².